The Hall–Kier alpha value is -1.13. The number of nitrogens with two attached hydrogens (primary N) is 4. The fraction of sp³-hybridized carbons (Fsp3) is 0.952. The summed E-state index contributed by atoms with van der Waals surface area (Å²) in [6, 6.07) is -3.29. The molecule has 17 heteroatoms. The zero-order chi connectivity index (χ0) is 28.3. The minimum absolute atomic E-state index is 0.0255. The minimum Gasteiger partial charge on any atom is -0.394 e. The summed E-state index contributed by atoms with van der Waals surface area (Å²) in [5.41, 5.74) is 23.3. The Morgan fingerprint density at radius 2 is 1.50 bits per heavy atom. The molecule has 17 nitrogen and oxygen atoms in total. The maximum absolute atomic E-state index is 12.4. The number of amides is 1. The van der Waals surface area contributed by atoms with Gasteiger partial charge in [-0.25, -0.2) is 0 Å². The van der Waals surface area contributed by atoms with Gasteiger partial charge in [-0.05, 0) is 19.4 Å². The Bertz CT molecular complexity index is 770. The fourth-order valence-electron chi connectivity index (χ4n) is 4.84. The predicted molar refractivity (Wildman–Crippen MR) is 125 cm³/mol. The standard InChI is InChI=1S/C21H41N5O12/c22-2-1-8(28)19(34)26-7-3-6(24)17(37-20-11(25)15(32)13(30)9(4-23)35-20)18(12(7)29)38-21-16(33)14(31)10(5-27)36-21/h6-18,20-21,27-33H,1-5,22-25H2,(H,26,34)/t6-,7+,8-,9+,10+,11+,12-,13+,14+,15+,16+,17+,18+,20+,21-/m0/s1. The minimum atomic E-state index is -1.62. The first-order valence-electron chi connectivity index (χ1n) is 12.5. The van der Waals surface area contributed by atoms with Gasteiger partial charge in [-0.15, -0.1) is 0 Å². The van der Waals surface area contributed by atoms with E-state index in [1.165, 1.54) is 0 Å². The molecule has 2 heterocycles. The van der Waals surface area contributed by atoms with E-state index < -0.39 is 104 Å². The smallest absolute Gasteiger partial charge is 0.249 e. The van der Waals surface area contributed by atoms with E-state index in [4.69, 9.17) is 41.9 Å². The molecule has 3 rings (SSSR count). The van der Waals surface area contributed by atoms with Crippen LogP contribution < -0.4 is 28.3 Å². The molecule has 0 unspecified atom stereocenters. The summed E-state index contributed by atoms with van der Waals surface area (Å²) in [5, 5.41) is 74.0. The highest BCUT2D eigenvalue weighted by Gasteiger charge is 2.53. The van der Waals surface area contributed by atoms with E-state index in [0.717, 1.165) is 0 Å². The second-order valence-electron chi connectivity index (χ2n) is 9.84. The van der Waals surface area contributed by atoms with Crippen molar-refractivity contribution in [3.05, 3.63) is 0 Å². The van der Waals surface area contributed by atoms with Gasteiger partial charge in [-0.2, -0.15) is 0 Å². The van der Waals surface area contributed by atoms with Crippen molar-refractivity contribution in [2.75, 3.05) is 19.7 Å². The Labute approximate surface area is 218 Å². The molecule has 1 aliphatic carbocycles. The highest BCUT2D eigenvalue weighted by atomic mass is 16.7. The van der Waals surface area contributed by atoms with Crippen molar-refractivity contribution >= 4 is 5.91 Å². The number of aliphatic hydroxyl groups is 7. The van der Waals surface area contributed by atoms with Crippen molar-refractivity contribution in [2.45, 2.75) is 105 Å². The number of hydrogen-bond donors (Lipinski definition) is 12. The normalized spacial score (nSPS) is 46.6. The summed E-state index contributed by atoms with van der Waals surface area (Å²) in [6.45, 7) is -0.764. The zero-order valence-electron chi connectivity index (χ0n) is 20.7. The number of aliphatic hydroxyl groups excluding tert-OH is 7. The molecule has 16 N–H and O–H groups in total. The molecule has 0 aromatic rings. The molecule has 38 heavy (non-hydrogen) atoms. The van der Waals surface area contributed by atoms with Gasteiger partial charge in [0.25, 0.3) is 0 Å². The van der Waals surface area contributed by atoms with Crippen molar-refractivity contribution in [2.24, 2.45) is 22.9 Å². The fourth-order valence-corrected chi connectivity index (χ4v) is 4.84. The third kappa shape index (κ3) is 6.60. The lowest BCUT2D eigenvalue weighted by molar-refractivity contribution is -0.307. The van der Waals surface area contributed by atoms with Gasteiger partial charge in [0.05, 0.1) is 18.7 Å². The molecule has 2 aliphatic heterocycles. The number of carbonyl (C=O) groups is 1. The van der Waals surface area contributed by atoms with Crippen LogP contribution in [0.2, 0.25) is 0 Å². The summed E-state index contributed by atoms with van der Waals surface area (Å²) < 4.78 is 22.7. The molecule has 0 bridgehead atoms. The van der Waals surface area contributed by atoms with Crippen molar-refractivity contribution in [1.29, 1.82) is 0 Å². The average molecular weight is 556 g/mol. The van der Waals surface area contributed by atoms with E-state index in [9.17, 15) is 40.5 Å². The molecular formula is C21H41N5O12. The molecular weight excluding hydrogens is 514 g/mol. The van der Waals surface area contributed by atoms with Gasteiger partial charge in [-0.1, -0.05) is 0 Å². The monoisotopic (exact) mass is 555 g/mol. The van der Waals surface area contributed by atoms with Gasteiger partial charge in [0.1, 0.15) is 61.0 Å². The molecule has 1 amide bonds. The van der Waals surface area contributed by atoms with Crippen LogP contribution in [0.15, 0.2) is 0 Å². The molecule has 3 fully saturated rings. The van der Waals surface area contributed by atoms with Crippen molar-refractivity contribution < 1.29 is 59.5 Å². The Morgan fingerprint density at radius 1 is 0.895 bits per heavy atom. The summed E-state index contributed by atoms with van der Waals surface area (Å²) in [7, 11) is 0. The number of nitrogens with one attached hydrogen (secondary N) is 1. The summed E-state index contributed by atoms with van der Waals surface area (Å²) in [5.74, 6) is -0.807. The van der Waals surface area contributed by atoms with Gasteiger partial charge in [0, 0.05) is 12.6 Å². The van der Waals surface area contributed by atoms with Gasteiger partial charge in [0.2, 0.25) is 5.91 Å². The predicted octanol–water partition coefficient (Wildman–Crippen LogP) is -7.79. The van der Waals surface area contributed by atoms with E-state index in [1.807, 2.05) is 0 Å². The van der Waals surface area contributed by atoms with Crippen LogP contribution in [0.5, 0.6) is 0 Å². The summed E-state index contributed by atoms with van der Waals surface area (Å²) >= 11 is 0. The third-order valence-electron chi connectivity index (χ3n) is 7.15. The molecule has 0 aromatic heterocycles. The maximum atomic E-state index is 12.4. The van der Waals surface area contributed by atoms with Crippen LogP contribution in [0, 0.1) is 0 Å². The van der Waals surface area contributed by atoms with E-state index >= 15 is 0 Å². The van der Waals surface area contributed by atoms with Crippen LogP contribution in [-0.4, -0.2) is 153 Å². The molecule has 222 valence electrons. The maximum Gasteiger partial charge on any atom is 0.249 e. The van der Waals surface area contributed by atoms with Crippen LogP contribution in [0.1, 0.15) is 12.8 Å². The molecule has 15 atom stereocenters. The molecule has 2 saturated heterocycles. The first-order valence-corrected chi connectivity index (χ1v) is 12.5. The lowest BCUT2D eigenvalue weighted by Crippen LogP contribution is -2.69. The van der Waals surface area contributed by atoms with Crippen LogP contribution in [-0.2, 0) is 23.7 Å². The largest absolute Gasteiger partial charge is 0.394 e. The van der Waals surface area contributed by atoms with Gasteiger partial charge >= 0.3 is 0 Å². The molecule has 3 aliphatic rings. The van der Waals surface area contributed by atoms with Crippen molar-refractivity contribution in [3.63, 3.8) is 0 Å². The highest BCUT2D eigenvalue weighted by molar-refractivity contribution is 5.80. The molecule has 0 aromatic carbocycles. The van der Waals surface area contributed by atoms with Gasteiger partial charge < -0.3 is 82.9 Å². The Kier molecular flexibility index (Phi) is 11.1. The highest BCUT2D eigenvalue weighted by Crippen LogP contribution is 2.32. The van der Waals surface area contributed by atoms with Crippen LogP contribution in [0.4, 0.5) is 0 Å². The number of ether oxygens (including phenoxy) is 4. The van der Waals surface area contributed by atoms with E-state index in [-0.39, 0.29) is 25.9 Å². The van der Waals surface area contributed by atoms with Crippen LogP contribution in [0.3, 0.4) is 0 Å². The van der Waals surface area contributed by atoms with Crippen LogP contribution in [0.25, 0.3) is 0 Å². The van der Waals surface area contributed by atoms with Gasteiger partial charge in [-0.3, -0.25) is 4.79 Å². The topological polar surface area (TPSA) is 312 Å². The second kappa shape index (κ2) is 13.5. The first kappa shape index (κ1) is 31.4. The van der Waals surface area contributed by atoms with E-state index in [0.29, 0.717) is 0 Å². The second-order valence-corrected chi connectivity index (χ2v) is 9.84. The number of hydrogen-bond acceptors (Lipinski definition) is 16. The van der Waals surface area contributed by atoms with Crippen molar-refractivity contribution in [1.82, 2.24) is 5.32 Å². The summed E-state index contributed by atoms with van der Waals surface area (Å²) in [4.78, 5) is 12.4. The van der Waals surface area contributed by atoms with E-state index in [2.05, 4.69) is 5.32 Å². The zero-order valence-corrected chi connectivity index (χ0v) is 20.7. The van der Waals surface area contributed by atoms with E-state index in [1.54, 1.807) is 0 Å². The van der Waals surface area contributed by atoms with Crippen LogP contribution >= 0.6 is 0 Å². The molecule has 0 spiro atoms. The van der Waals surface area contributed by atoms with Crippen molar-refractivity contribution in [3.8, 4) is 0 Å². The molecule has 0 radical (unpaired) electrons. The Balaban J connectivity index is 1.84. The molecule has 1 saturated carbocycles. The Morgan fingerprint density at radius 3 is 2.08 bits per heavy atom. The lowest BCUT2D eigenvalue weighted by atomic mass is 9.83. The lowest BCUT2D eigenvalue weighted by Gasteiger charge is -2.48. The number of rotatable bonds is 10. The summed E-state index contributed by atoms with van der Waals surface area (Å²) in [6.07, 6.45) is -16.9. The van der Waals surface area contributed by atoms with Gasteiger partial charge in [0.15, 0.2) is 12.6 Å². The third-order valence-corrected chi connectivity index (χ3v) is 7.15. The quantitative estimate of drug-likeness (QED) is 0.119. The average Bonchev–Trinajstić information content (AvgIpc) is 3.16. The number of carbonyl (C=O) groups excluding carboxylic acids is 1. The SMILES string of the molecule is NCC[C@H](O)C(=O)N[C@@H]1C[C@H](N)[C@@H](O[C@H]2O[C@H](CN)[C@@H](O)[C@H](O)[C@H]2N)[C@H](O[C@@H]2O[C@H](CO)[C@@H](O)[C@H]2O)[C@H]1O. The first-order chi connectivity index (χ1) is 17.9.